The van der Waals surface area contributed by atoms with Crippen molar-refractivity contribution in [3.05, 3.63) is 30.4 Å². The van der Waals surface area contributed by atoms with Gasteiger partial charge in [0.2, 0.25) is 0 Å². The SMILES string of the molecule is COCCN1CCN(c2cnc(-c3[nH]nc(-c4cc(OC)c5ncnn5c4)c3C(C)C)s2)C(C)C1. The van der Waals surface area contributed by atoms with Gasteiger partial charge in [0.15, 0.2) is 11.4 Å². The lowest BCUT2D eigenvalue weighted by molar-refractivity contribution is 0.136. The molecule has 11 heteroatoms. The van der Waals surface area contributed by atoms with Gasteiger partial charge in [0.1, 0.15) is 16.3 Å². The zero-order chi connectivity index (χ0) is 24.5. The van der Waals surface area contributed by atoms with Crippen molar-refractivity contribution >= 4 is 22.0 Å². The minimum atomic E-state index is 0.242. The molecule has 0 aromatic carbocycles. The molecule has 1 fully saturated rings. The molecular formula is C24H32N8O2S. The number of rotatable bonds is 8. The molecule has 35 heavy (non-hydrogen) atoms. The molecule has 1 atom stereocenters. The lowest BCUT2D eigenvalue weighted by Gasteiger charge is -2.40. The Kier molecular flexibility index (Phi) is 6.72. The Labute approximate surface area is 208 Å². The molecule has 0 radical (unpaired) electrons. The van der Waals surface area contributed by atoms with E-state index in [-0.39, 0.29) is 5.92 Å². The molecule has 186 valence electrons. The highest BCUT2D eigenvalue weighted by atomic mass is 32.1. The van der Waals surface area contributed by atoms with Crippen LogP contribution in [0.2, 0.25) is 0 Å². The topological polar surface area (TPSA) is 96.7 Å². The number of ether oxygens (including phenoxy) is 2. The summed E-state index contributed by atoms with van der Waals surface area (Å²) >= 11 is 1.72. The molecule has 4 aromatic rings. The number of pyridine rings is 1. The van der Waals surface area contributed by atoms with Gasteiger partial charge in [0, 0.05) is 56.7 Å². The first-order valence-electron chi connectivity index (χ1n) is 11.9. The van der Waals surface area contributed by atoms with Crippen LogP contribution in [0.5, 0.6) is 5.75 Å². The molecule has 1 N–H and O–H groups in total. The molecule has 1 aliphatic heterocycles. The van der Waals surface area contributed by atoms with E-state index < -0.39 is 0 Å². The molecule has 1 aliphatic rings. The molecule has 10 nitrogen and oxygen atoms in total. The van der Waals surface area contributed by atoms with Gasteiger partial charge in [-0.05, 0) is 18.9 Å². The van der Waals surface area contributed by atoms with E-state index in [1.54, 1.807) is 30.1 Å². The highest BCUT2D eigenvalue weighted by Crippen LogP contribution is 2.40. The van der Waals surface area contributed by atoms with Crippen molar-refractivity contribution in [2.75, 3.05) is 51.9 Å². The Bertz CT molecular complexity index is 1300. The van der Waals surface area contributed by atoms with E-state index >= 15 is 0 Å². The number of anilines is 1. The van der Waals surface area contributed by atoms with Crippen LogP contribution >= 0.6 is 11.3 Å². The number of methoxy groups -OCH3 is 2. The highest BCUT2D eigenvalue weighted by Gasteiger charge is 2.27. The van der Waals surface area contributed by atoms with Crippen LogP contribution in [0.1, 0.15) is 32.3 Å². The molecule has 5 rings (SSSR count). The lowest BCUT2D eigenvalue weighted by atomic mass is 9.97. The van der Waals surface area contributed by atoms with Crippen molar-refractivity contribution < 1.29 is 9.47 Å². The summed E-state index contributed by atoms with van der Waals surface area (Å²) in [5, 5.41) is 14.4. The summed E-state index contributed by atoms with van der Waals surface area (Å²) in [4.78, 5) is 14.0. The second kappa shape index (κ2) is 9.92. The molecule has 0 spiro atoms. The predicted octanol–water partition coefficient (Wildman–Crippen LogP) is 3.53. The number of hydrogen-bond donors (Lipinski definition) is 1. The predicted molar refractivity (Wildman–Crippen MR) is 137 cm³/mol. The maximum Gasteiger partial charge on any atom is 0.197 e. The molecule has 5 heterocycles. The summed E-state index contributed by atoms with van der Waals surface area (Å²) < 4.78 is 12.5. The van der Waals surface area contributed by atoms with E-state index in [9.17, 15) is 0 Å². The number of H-pyrrole nitrogens is 1. The number of nitrogens with zero attached hydrogens (tertiary/aromatic N) is 7. The summed E-state index contributed by atoms with van der Waals surface area (Å²) in [6.07, 6.45) is 5.46. The van der Waals surface area contributed by atoms with E-state index in [0.29, 0.717) is 17.4 Å². The average Bonchev–Trinajstić information content (AvgIpc) is 3.60. The van der Waals surface area contributed by atoms with E-state index in [1.807, 2.05) is 18.5 Å². The summed E-state index contributed by atoms with van der Waals surface area (Å²) in [5.74, 6) is 0.904. The smallest absolute Gasteiger partial charge is 0.197 e. The van der Waals surface area contributed by atoms with E-state index in [0.717, 1.165) is 60.3 Å². The lowest BCUT2D eigenvalue weighted by Crippen LogP contribution is -2.52. The van der Waals surface area contributed by atoms with Crippen LogP contribution in [0.4, 0.5) is 5.00 Å². The van der Waals surface area contributed by atoms with Crippen molar-refractivity contribution in [2.45, 2.75) is 32.7 Å². The number of thiazole rings is 1. The number of nitrogens with one attached hydrogen (secondary N) is 1. The summed E-state index contributed by atoms with van der Waals surface area (Å²) in [5.41, 5.74) is 4.57. The second-order valence-corrected chi connectivity index (χ2v) is 10.2. The number of hydrogen-bond acceptors (Lipinski definition) is 9. The molecule has 1 saturated heterocycles. The maximum atomic E-state index is 5.56. The van der Waals surface area contributed by atoms with Crippen LogP contribution in [-0.2, 0) is 4.74 Å². The minimum Gasteiger partial charge on any atom is -0.493 e. The first-order chi connectivity index (χ1) is 17.0. The van der Waals surface area contributed by atoms with Crippen LogP contribution in [0.25, 0.3) is 27.6 Å². The van der Waals surface area contributed by atoms with Gasteiger partial charge in [-0.3, -0.25) is 10.00 Å². The molecule has 1 unspecified atom stereocenters. The third-order valence-corrected chi connectivity index (χ3v) is 7.58. The van der Waals surface area contributed by atoms with Crippen LogP contribution < -0.4 is 9.64 Å². The van der Waals surface area contributed by atoms with Gasteiger partial charge in [-0.25, -0.2) is 14.5 Å². The standard InChI is InChI=1S/C24H32N8O2S/c1-15(2)20-21(17-10-18(34-5)23-26-14-27-32(23)13-17)28-29-22(20)24-25-11-19(35-24)31-7-6-30(8-9-33-4)12-16(31)3/h10-11,13-16H,6-9,12H2,1-5H3,(H,28,29). The number of piperazine rings is 1. The van der Waals surface area contributed by atoms with Crippen molar-refractivity contribution in [2.24, 2.45) is 0 Å². The second-order valence-electron chi connectivity index (χ2n) is 9.18. The van der Waals surface area contributed by atoms with E-state index in [1.165, 1.54) is 11.3 Å². The average molecular weight is 497 g/mol. The first kappa shape index (κ1) is 23.7. The fraction of sp³-hybridized carbons (Fsp3) is 0.500. The number of aromatic amines is 1. The van der Waals surface area contributed by atoms with Gasteiger partial charge >= 0.3 is 0 Å². The van der Waals surface area contributed by atoms with Crippen LogP contribution in [-0.4, -0.2) is 87.7 Å². The Hall–Kier alpha value is -3.02. The van der Waals surface area contributed by atoms with Crippen molar-refractivity contribution in [3.63, 3.8) is 0 Å². The van der Waals surface area contributed by atoms with E-state index in [4.69, 9.17) is 19.6 Å². The normalized spacial score (nSPS) is 17.1. The fourth-order valence-electron chi connectivity index (χ4n) is 4.77. The first-order valence-corrected chi connectivity index (χ1v) is 12.7. The number of fused-ring (bicyclic) bond motifs is 1. The molecule has 0 bridgehead atoms. The Morgan fingerprint density at radius 3 is 2.83 bits per heavy atom. The molecular weight excluding hydrogens is 464 g/mol. The van der Waals surface area contributed by atoms with Gasteiger partial charge in [-0.2, -0.15) is 10.2 Å². The van der Waals surface area contributed by atoms with E-state index in [2.05, 4.69) is 45.8 Å². The van der Waals surface area contributed by atoms with Gasteiger partial charge in [0.25, 0.3) is 0 Å². The summed E-state index contributed by atoms with van der Waals surface area (Å²) in [7, 11) is 3.40. The fourth-order valence-corrected chi connectivity index (χ4v) is 5.82. The third-order valence-electron chi connectivity index (χ3n) is 6.53. The van der Waals surface area contributed by atoms with Gasteiger partial charge in [-0.1, -0.05) is 25.2 Å². The zero-order valence-electron chi connectivity index (χ0n) is 20.9. The molecule has 4 aromatic heterocycles. The highest BCUT2D eigenvalue weighted by molar-refractivity contribution is 7.18. The molecule has 0 aliphatic carbocycles. The molecule has 0 amide bonds. The monoisotopic (exact) mass is 496 g/mol. The largest absolute Gasteiger partial charge is 0.493 e. The van der Waals surface area contributed by atoms with Gasteiger partial charge < -0.3 is 14.4 Å². The van der Waals surface area contributed by atoms with Gasteiger partial charge in [-0.15, -0.1) is 0 Å². The number of aromatic nitrogens is 6. The quantitative estimate of drug-likeness (QED) is 0.396. The van der Waals surface area contributed by atoms with Crippen molar-refractivity contribution in [1.82, 2.24) is 34.7 Å². The Balaban J connectivity index is 1.45. The Morgan fingerprint density at radius 2 is 2.09 bits per heavy atom. The summed E-state index contributed by atoms with van der Waals surface area (Å²) in [6.45, 7) is 11.4. The zero-order valence-corrected chi connectivity index (χ0v) is 21.7. The van der Waals surface area contributed by atoms with Crippen LogP contribution in [0, 0.1) is 0 Å². The maximum absolute atomic E-state index is 5.56. The Morgan fingerprint density at radius 1 is 1.23 bits per heavy atom. The van der Waals surface area contributed by atoms with Crippen molar-refractivity contribution in [1.29, 1.82) is 0 Å². The minimum absolute atomic E-state index is 0.242. The molecule has 0 saturated carbocycles. The van der Waals surface area contributed by atoms with Crippen molar-refractivity contribution in [3.8, 4) is 27.7 Å². The summed E-state index contributed by atoms with van der Waals surface area (Å²) in [6, 6.07) is 2.38. The van der Waals surface area contributed by atoms with Crippen LogP contribution in [0.15, 0.2) is 24.8 Å². The van der Waals surface area contributed by atoms with Gasteiger partial charge in [0.05, 0.1) is 31.3 Å². The third kappa shape index (κ3) is 4.51. The van der Waals surface area contributed by atoms with Crippen LogP contribution in [0.3, 0.4) is 0 Å².